The van der Waals surface area contributed by atoms with E-state index < -0.39 is 23.3 Å². The van der Waals surface area contributed by atoms with Gasteiger partial charge in [-0.25, -0.2) is 4.39 Å². The van der Waals surface area contributed by atoms with Gasteiger partial charge in [0.05, 0.1) is 11.3 Å². The number of hydrogen-bond donors (Lipinski definition) is 1. The minimum absolute atomic E-state index is 0.0876. The van der Waals surface area contributed by atoms with E-state index in [1.807, 2.05) is 0 Å². The highest BCUT2D eigenvalue weighted by Crippen LogP contribution is 2.36. The molecule has 0 spiro atoms. The van der Waals surface area contributed by atoms with Gasteiger partial charge in [-0.1, -0.05) is 18.2 Å². The van der Waals surface area contributed by atoms with Crippen molar-refractivity contribution in [2.45, 2.75) is 12.7 Å². The molecule has 0 aliphatic carbocycles. The van der Waals surface area contributed by atoms with E-state index in [1.165, 1.54) is 23.1 Å². The maximum Gasteiger partial charge on any atom is 0.419 e. The van der Waals surface area contributed by atoms with Gasteiger partial charge in [0.2, 0.25) is 0 Å². The lowest BCUT2D eigenvalue weighted by Crippen LogP contribution is -2.18. The van der Waals surface area contributed by atoms with Crippen molar-refractivity contribution in [1.29, 1.82) is 0 Å². The van der Waals surface area contributed by atoms with Gasteiger partial charge in [0.15, 0.2) is 0 Å². The number of phenolic OH excluding ortho intramolecular Hbond substituents is 1. The van der Waals surface area contributed by atoms with E-state index in [4.69, 9.17) is 0 Å². The van der Waals surface area contributed by atoms with Crippen LogP contribution in [-0.4, -0.2) is 12.2 Å². The number of halogens is 4. The van der Waals surface area contributed by atoms with Crippen molar-refractivity contribution in [1.82, 2.24) is 0 Å². The Morgan fingerprint density at radius 3 is 2.38 bits per heavy atom. The normalized spacial score (nSPS) is 11.5. The summed E-state index contributed by atoms with van der Waals surface area (Å²) in [5, 5.41) is 9.27. The maximum atomic E-state index is 13.6. The van der Waals surface area contributed by atoms with Crippen LogP contribution in [0.15, 0.2) is 42.5 Å². The first-order valence-corrected chi connectivity index (χ1v) is 6.14. The van der Waals surface area contributed by atoms with Crippen LogP contribution in [0, 0.1) is 5.82 Å². The summed E-state index contributed by atoms with van der Waals surface area (Å²) >= 11 is 0. The Hall–Kier alpha value is -2.24. The molecule has 0 amide bonds. The van der Waals surface area contributed by atoms with Gasteiger partial charge in [0.1, 0.15) is 11.6 Å². The summed E-state index contributed by atoms with van der Waals surface area (Å²) in [6, 6.07) is 9.24. The molecule has 1 N–H and O–H groups in total. The molecule has 0 aliphatic heterocycles. The highest BCUT2D eigenvalue weighted by molar-refractivity contribution is 5.48. The van der Waals surface area contributed by atoms with Crippen LogP contribution in [0.2, 0.25) is 0 Å². The Bertz CT molecular complexity index is 640. The van der Waals surface area contributed by atoms with Gasteiger partial charge >= 0.3 is 6.18 Å². The first-order chi connectivity index (χ1) is 9.79. The molecule has 0 radical (unpaired) electrons. The topological polar surface area (TPSA) is 23.5 Å². The Balaban J connectivity index is 2.26. The summed E-state index contributed by atoms with van der Waals surface area (Å²) < 4.78 is 51.8. The predicted molar refractivity (Wildman–Crippen MR) is 71.6 cm³/mol. The first-order valence-electron chi connectivity index (χ1n) is 6.14. The molecule has 2 aromatic rings. The number of hydrogen-bond acceptors (Lipinski definition) is 2. The van der Waals surface area contributed by atoms with Crippen LogP contribution < -0.4 is 4.90 Å². The molecule has 6 heteroatoms. The van der Waals surface area contributed by atoms with E-state index in [0.717, 1.165) is 12.1 Å². The van der Waals surface area contributed by atoms with Gasteiger partial charge in [0, 0.05) is 13.6 Å². The van der Waals surface area contributed by atoms with Crippen LogP contribution in [0.5, 0.6) is 5.75 Å². The summed E-state index contributed by atoms with van der Waals surface area (Å²) in [6.45, 7) is 0.0876. The van der Waals surface area contributed by atoms with Crippen LogP contribution in [-0.2, 0) is 12.7 Å². The maximum absolute atomic E-state index is 13.6. The van der Waals surface area contributed by atoms with E-state index in [2.05, 4.69) is 0 Å². The third-order valence-electron chi connectivity index (χ3n) is 3.05. The zero-order valence-corrected chi connectivity index (χ0v) is 11.2. The number of alkyl halides is 3. The molecule has 2 aromatic carbocycles. The van der Waals surface area contributed by atoms with Gasteiger partial charge in [0.25, 0.3) is 0 Å². The summed E-state index contributed by atoms with van der Waals surface area (Å²) in [6.07, 6.45) is -4.63. The minimum Gasteiger partial charge on any atom is -0.507 e. The summed E-state index contributed by atoms with van der Waals surface area (Å²) in [5.74, 6) is -1.27. The molecule has 112 valence electrons. The molecule has 0 saturated carbocycles. The van der Waals surface area contributed by atoms with Crippen molar-refractivity contribution in [2.75, 3.05) is 11.9 Å². The lowest BCUT2D eigenvalue weighted by Gasteiger charge is -2.20. The molecule has 0 atom stereocenters. The van der Waals surface area contributed by atoms with E-state index in [1.54, 1.807) is 19.2 Å². The fraction of sp³-hybridized carbons (Fsp3) is 0.200. The number of para-hydroxylation sites is 1. The molecule has 0 aliphatic rings. The second kappa shape index (κ2) is 5.63. The van der Waals surface area contributed by atoms with Crippen LogP contribution in [0.25, 0.3) is 0 Å². The molecule has 0 unspecified atom stereocenters. The largest absolute Gasteiger partial charge is 0.507 e. The molecule has 0 saturated heterocycles. The van der Waals surface area contributed by atoms with Crippen molar-refractivity contribution in [3.05, 3.63) is 59.4 Å². The van der Waals surface area contributed by atoms with Gasteiger partial charge in [-0.3, -0.25) is 0 Å². The number of aromatic hydroxyl groups is 1. The molecule has 2 nitrogen and oxygen atoms in total. The third kappa shape index (κ3) is 3.45. The second-order valence-electron chi connectivity index (χ2n) is 4.66. The second-order valence-corrected chi connectivity index (χ2v) is 4.66. The average Bonchev–Trinajstić information content (AvgIpc) is 2.40. The predicted octanol–water partition coefficient (Wildman–Crippen LogP) is 4.19. The summed E-state index contributed by atoms with van der Waals surface area (Å²) in [4.78, 5) is 1.50. The monoisotopic (exact) mass is 299 g/mol. The standard InChI is InChI=1S/C15H13F4NO/c1-20(13-5-3-2-4-12(13)16)9-10-6-7-14(21)11(8-10)15(17,18)19/h2-8,21H,9H2,1H3. The van der Waals surface area contributed by atoms with E-state index in [0.29, 0.717) is 11.3 Å². The van der Waals surface area contributed by atoms with Crippen molar-refractivity contribution >= 4 is 5.69 Å². The van der Waals surface area contributed by atoms with Crippen LogP contribution in [0.4, 0.5) is 23.2 Å². The van der Waals surface area contributed by atoms with Crippen molar-refractivity contribution in [3.63, 3.8) is 0 Å². The fourth-order valence-electron chi connectivity index (χ4n) is 2.03. The number of nitrogens with zero attached hydrogens (tertiary/aromatic N) is 1. The minimum atomic E-state index is -4.63. The van der Waals surface area contributed by atoms with E-state index in [9.17, 15) is 22.7 Å². The lowest BCUT2D eigenvalue weighted by molar-refractivity contribution is -0.138. The average molecular weight is 299 g/mol. The SMILES string of the molecule is CN(Cc1ccc(O)c(C(F)(F)F)c1)c1ccccc1F. The Morgan fingerprint density at radius 1 is 1.10 bits per heavy atom. The number of benzene rings is 2. The molecule has 0 heterocycles. The summed E-state index contributed by atoms with van der Waals surface area (Å²) in [7, 11) is 1.58. The summed E-state index contributed by atoms with van der Waals surface area (Å²) in [5.41, 5.74) is -0.480. The first kappa shape index (κ1) is 15.2. The van der Waals surface area contributed by atoms with Gasteiger partial charge in [-0.2, -0.15) is 13.2 Å². The molecule has 0 bridgehead atoms. The van der Waals surface area contributed by atoms with Crippen molar-refractivity contribution < 1.29 is 22.7 Å². The Labute approximate surface area is 119 Å². The lowest BCUT2D eigenvalue weighted by atomic mass is 10.1. The fourth-order valence-corrected chi connectivity index (χ4v) is 2.03. The zero-order valence-electron chi connectivity index (χ0n) is 11.2. The quantitative estimate of drug-likeness (QED) is 0.859. The van der Waals surface area contributed by atoms with Gasteiger partial charge in [-0.15, -0.1) is 0 Å². The van der Waals surface area contributed by atoms with Crippen molar-refractivity contribution in [2.24, 2.45) is 0 Å². The zero-order chi connectivity index (χ0) is 15.6. The third-order valence-corrected chi connectivity index (χ3v) is 3.05. The van der Waals surface area contributed by atoms with Gasteiger partial charge in [-0.05, 0) is 29.8 Å². The van der Waals surface area contributed by atoms with Crippen LogP contribution in [0.1, 0.15) is 11.1 Å². The van der Waals surface area contributed by atoms with Crippen LogP contribution in [0.3, 0.4) is 0 Å². The van der Waals surface area contributed by atoms with Crippen molar-refractivity contribution in [3.8, 4) is 5.75 Å². The molecule has 0 aromatic heterocycles. The number of anilines is 1. The molecule has 2 rings (SSSR count). The van der Waals surface area contributed by atoms with Gasteiger partial charge < -0.3 is 10.0 Å². The van der Waals surface area contributed by atoms with E-state index >= 15 is 0 Å². The Kier molecular flexibility index (Phi) is 4.06. The van der Waals surface area contributed by atoms with E-state index in [-0.39, 0.29) is 6.54 Å². The number of rotatable bonds is 3. The number of phenols is 1. The Morgan fingerprint density at radius 2 is 1.76 bits per heavy atom. The molecule has 21 heavy (non-hydrogen) atoms. The smallest absolute Gasteiger partial charge is 0.419 e. The highest BCUT2D eigenvalue weighted by Gasteiger charge is 2.34. The molecular weight excluding hydrogens is 286 g/mol. The molecule has 0 fully saturated rings. The molecular formula is C15H13F4NO. The highest BCUT2D eigenvalue weighted by atomic mass is 19.4. The van der Waals surface area contributed by atoms with Crippen LogP contribution >= 0.6 is 0 Å².